The van der Waals surface area contributed by atoms with E-state index < -0.39 is 5.41 Å². The largest absolute Gasteiger partial charge is 0.493 e. The Bertz CT molecular complexity index is 597. The average molecular weight is 364 g/mol. The van der Waals surface area contributed by atoms with Crippen LogP contribution in [0.1, 0.15) is 45.2 Å². The standard InChI is InChI=1S/C20H32N2O4/c1-14(2)12-26-17-6-5-16(11-18(17)24-4)15(3)22-19(23)20(13-21)7-9-25-10-8-20/h5-6,11,14-15H,7-10,12-13,21H2,1-4H3,(H,22,23). The van der Waals surface area contributed by atoms with Crippen molar-refractivity contribution in [2.45, 2.75) is 39.7 Å². The molecule has 1 amide bonds. The van der Waals surface area contributed by atoms with E-state index in [0.717, 1.165) is 5.56 Å². The Morgan fingerprint density at radius 3 is 2.54 bits per heavy atom. The fourth-order valence-corrected chi connectivity index (χ4v) is 3.05. The number of hydrogen-bond donors (Lipinski definition) is 2. The van der Waals surface area contributed by atoms with Crippen molar-refractivity contribution in [2.75, 3.05) is 33.5 Å². The quantitative estimate of drug-likeness (QED) is 0.741. The van der Waals surface area contributed by atoms with Crippen molar-refractivity contribution in [3.8, 4) is 11.5 Å². The number of nitrogens with one attached hydrogen (secondary N) is 1. The predicted molar refractivity (Wildman–Crippen MR) is 101 cm³/mol. The number of ether oxygens (including phenoxy) is 3. The molecule has 1 aliphatic heterocycles. The van der Waals surface area contributed by atoms with Crippen molar-refractivity contribution < 1.29 is 19.0 Å². The van der Waals surface area contributed by atoms with Crippen LogP contribution in [0.2, 0.25) is 0 Å². The number of rotatable bonds is 8. The fourth-order valence-electron chi connectivity index (χ4n) is 3.05. The van der Waals surface area contributed by atoms with Gasteiger partial charge >= 0.3 is 0 Å². The summed E-state index contributed by atoms with van der Waals surface area (Å²) in [6, 6.07) is 5.62. The molecule has 1 aromatic carbocycles. The molecule has 1 saturated heterocycles. The molecule has 6 nitrogen and oxygen atoms in total. The summed E-state index contributed by atoms with van der Waals surface area (Å²) in [5.41, 5.74) is 6.36. The molecule has 1 atom stereocenters. The van der Waals surface area contributed by atoms with E-state index >= 15 is 0 Å². The zero-order chi connectivity index (χ0) is 19.2. The first-order valence-electron chi connectivity index (χ1n) is 9.31. The monoisotopic (exact) mass is 364 g/mol. The highest BCUT2D eigenvalue weighted by Gasteiger charge is 2.39. The van der Waals surface area contributed by atoms with Crippen LogP contribution in [-0.2, 0) is 9.53 Å². The minimum atomic E-state index is -0.531. The molecule has 1 unspecified atom stereocenters. The summed E-state index contributed by atoms with van der Waals surface area (Å²) < 4.78 is 16.6. The summed E-state index contributed by atoms with van der Waals surface area (Å²) in [5.74, 6) is 1.81. The van der Waals surface area contributed by atoms with Crippen molar-refractivity contribution in [3.63, 3.8) is 0 Å². The van der Waals surface area contributed by atoms with E-state index in [1.807, 2.05) is 25.1 Å². The van der Waals surface area contributed by atoms with Crippen LogP contribution in [0.4, 0.5) is 0 Å². The van der Waals surface area contributed by atoms with Crippen LogP contribution in [0.15, 0.2) is 18.2 Å². The first kappa shape index (κ1) is 20.5. The smallest absolute Gasteiger partial charge is 0.228 e. The Labute approximate surface area is 156 Å². The van der Waals surface area contributed by atoms with Crippen LogP contribution in [0.3, 0.4) is 0 Å². The van der Waals surface area contributed by atoms with Crippen LogP contribution in [0, 0.1) is 11.3 Å². The molecule has 2 rings (SSSR count). The minimum absolute atomic E-state index is 0.00472. The number of amides is 1. The number of nitrogens with two attached hydrogens (primary N) is 1. The topological polar surface area (TPSA) is 82.8 Å². The van der Waals surface area contributed by atoms with Gasteiger partial charge in [-0.1, -0.05) is 19.9 Å². The van der Waals surface area contributed by atoms with E-state index in [4.69, 9.17) is 19.9 Å². The molecule has 3 N–H and O–H groups in total. The summed E-state index contributed by atoms with van der Waals surface area (Å²) in [5, 5.41) is 3.11. The van der Waals surface area contributed by atoms with E-state index in [0.29, 0.717) is 56.6 Å². The summed E-state index contributed by atoms with van der Waals surface area (Å²) in [7, 11) is 1.62. The summed E-state index contributed by atoms with van der Waals surface area (Å²) in [6.45, 7) is 8.28. The van der Waals surface area contributed by atoms with E-state index in [1.54, 1.807) is 7.11 Å². The second kappa shape index (κ2) is 9.24. The molecule has 1 fully saturated rings. The Morgan fingerprint density at radius 1 is 1.27 bits per heavy atom. The lowest BCUT2D eigenvalue weighted by Crippen LogP contribution is -2.49. The molecular weight excluding hydrogens is 332 g/mol. The summed E-state index contributed by atoms with van der Waals surface area (Å²) >= 11 is 0. The third-order valence-corrected chi connectivity index (χ3v) is 4.93. The highest BCUT2D eigenvalue weighted by atomic mass is 16.5. The van der Waals surface area contributed by atoms with E-state index in [9.17, 15) is 4.79 Å². The maximum absolute atomic E-state index is 12.8. The van der Waals surface area contributed by atoms with Crippen molar-refractivity contribution in [1.29, 1.82) is 0 Å². The molecule has 6 heteroatoms. The van der Waals surface area contributed by atoms with Gasteiger partial charge in [0, 0.05) is 19.8 Å². The molecule has 1 heterocycles. The second-order valence-electron chi connectivity index (χ2n) is 7.41. The van der Waals surface area contributed by atoms with Gasteiger partial charge in [0.2, 0.25) is 5.91 Å². The van der Waals surface area contributed by atoms with Gasteiger partial charge in [-0.3, -0.25) is 4.79 Å². The molecule has 146 valence electrons. The zero-order valence-electron chi connectivity index (χ0n) is 16.3. The number of benzene rings is 1. The molecule has 0 radical (unpaired) electrons. The Balaban J connectivity index is 2.08. The van der Waals surface area contributed by atoms with Gasteiger partial charge in [-0.25, -0.2) is 0 Å². The molecule has 0 saturated carbocycles. The van der Waals surface area contributed by atoms with Crippen molar-refractivity contribution in [2.24, 2.45) is 17.1 Å². The fraction of sp³-hybridized carbons (Fsp3) is 0.650. The van der Waals surface area contributed by atoms with E-state index in [2.05, 4.69) is 19.2 Å². The third-order valence-electron chi connectivity index (χ3n) is 4.93. The Morgan fingerprint density at radius 2 is 1.96 bits per heavy atom. The highest BCUT2D eigenvalue weighted by Crippen LogP contribution is 2.33. The van der Waals surface area contributed by atoms with Crippen LogP contribution < -0.4 is 20.5 Å². The summed E-state index contributed by atoms with van der Waals surface area (Å²) in [4.78, 5) is 12.8. The minimum Gasteiger partial charge on any atom is -0.493 e. The van der Waals surface area contributed by atoms with Crippen molar-refractivity contribution in [1.82, 2.24) is 5.32 Å². The second-order valence-corrected chi connectivity index (χ2v) is 7.41. The number of carbonyl (C=O) groups excluding carboxylic acids is 1. The molecular formula is C20H32N2O4. The van der Waals surface area contributed by atoms with Gasteiger partial charge in [-0.15, -0.1) is 0 Å². The Hall–Kier alpha value is -1.79. The maximum Gasteiger partial charge on any atom is 0.228 e. The molecule has 1 aromatic rings. The molecule has 0 spiro atoms. The molecule has 26 heavy (non-hydrogen) atoms. The van der Waals surface area contributed by atoms with Gasteiger partial charge in [0.25, 0.3) is 0 Å². The first-order chi connectivity index (χ1) is 12.4. The van der Waals surface area contributed by atoms with E-state index in [1.165, 1.54) is 0 Å². The first-order valence-corrected chi connectivity index (χ1v) is 9.31. The lowest BCUT2D eigenvalue weighted by molar-refractivity contribution is -0.136. The predicted octanol–water partition coefficient (Wildman–Crippen LogP) is 2.66. The van der Waals surface area contributed by atoms with Gasteiger partial charge in [0.1, 0.15) is 0 Å². The van der Waals surface area contributed by atoms with Gasteiger partial charge in [0.15, 0.2) is 11.5 Å². The lowest BCUT2D eigenvalue weighted by atomic mass is 9.79. The van der Waals surface area contributed by atoms with Crippen molar-refractivity contribution in [3.05, 3.63) is 23.8 Å². The number of hydrogen-bond acceptors (Lipinski definition) is 5. The van der Waals surface area contributed by atoms with Crippen LogP contribution in [0.5, 0.6) is 11.5 Å². The van der Waals surface area contributed by atoms with Gasteiger partial charge in [0.05, 0.1) is 25.2 Å². The van der Waals surface area contributed by atoms with Crippen LogP contribution in [0.25, 0.3) is 0 Å². The SMILES string of the molecule is COc1cc(C(C)NC(=O)C2(CN)CCOCC2)ccc1OCC(C)C. The molecule has 1 aliphatic rings. The highest BCUT2D eigenvalue weighted by molar-refractivity contribution is 5.83. The molecule has 0 aromatic heterocycles. The number of methoxy groups -OCH3 is 1. The summed E-state index contributed by atoms with van der Waals surface area (Å²) in [6.07, 6.45) is 1.32. The molecule has 0 bridgehead atoms. The van der Waals surface area contributed by atoms with Gasteiger partial charge in [-0.05, 0) is 43.4 Å². The normalized spacial score (nSPS) is 17.6. The Kier molecular flexibility index (Phi) is 7.29. The van der Waals surface area contributed by atoms with Crippen LogP contribution >= 0.6 is 0 Å². The van der Waals surface area contributed by atoms with Gasteiger partial charge < -0.3 is 25.3 Å². The lowest BCUT2D eigenvalue weighted by Gasteiger charge is -2.35. The zero-order valence-corrected chi connectivity index (χ0v) is 16.3. The van der Waals surface area contributed by atoms with Gasteiger partial charge in [-0.2, -0.15) is 0 Å². The molecule has 0 aliphatic carbocycles. The number of carbonyl (C=O) groups is 1. The maximum atomic E-state index is 12.8. The van der Waals surface area contributed by atoms with E-state index in [-0.39, 0.29) is 11.9 Å². The third kappa shape index (κ3) is 4.89. The average Bonchev–Trinajstić information content (AvgIpc) is 2.66. The van der Waals surface area contributed by atoms with Crippen LogP contribution in [-0.4, -0.2) is 39.4 Å². The van der Waals surface area contributed by atoms with Crippen molar-refractivity contribution >= 4 is 5.91 Å².